The molecule has 6 nitrogen and oxygen atoms in total. The lowest BCUT2D eigenvalue weighted by Gasteiger charge is -2.17. The Labute approximate surface area is 197 Å². The van der Waals surface area contributed by atoms with Crippen LogP contribution < -0.4 is 10.6 Å². The van der Waals surface area contributed by atoms with Gasteiger partial charge in [-0.15, -0.1) is 24.0 Å². The molecule has 3 rings (SSSR count). The molecule has 0 spiro atoms. The van der Waals surface area contributed by atoms with Crippen molar-refractivity contribution >= 4 is 29.9 Å². The number of aliphatic imine (C=N–C) groups is 1. The Morgan fingerprint density at radius 1 is 1.20 bits per heavy atom. The fourth-order valence-electron chi connectivity index (χ4n) is 3.62. The zero-order chi connectivity index (χ0) is 20.2. The first-order valence-electron chi connectivity index (χ1n) is 10.6. The molecule has 1 aromatic carbocycles. The second-order valence-corrected chi connectivity index (χ2v) is 7.56. The molecule has 2 N–H and O–H groups in total. The van der Waals surface area contributed by atoms with Crippen molar-refractivity contribution in [1.29, 1.82) is 0 Å². The SMILES string of the molecule is CN=C(NCCCOCc1ccco1)NCC1CCN(CCc2ccccc2)C1.I. The topological polar surface area (TPSA) is 62.0 Å². The zero-order valence-corrected chi connectivity index (χ0v) is 20.2. The third-order valence-electron chi connectivity index (χ3n) is 5.29. The number of rotatable bonds is 11. The number of halogens is 1. The van der Waals surface area contributed by atoms with Crippen molar-refractivity contribution in [3.05, 3.63) is 60.1 Å². The van der Waals surface area contributed by atoms with Crippen molar-refractivity contribution in [2.75, 3.05) is 46.4 Å². The Morgan fingerprint density at radius 2 is 2.07 bits per heavy atom. The maximum atomic E-state index is 5.60. The Kier molecular flexibility index (Phi) is 11.9. The van der Waals surface area contributed by atoms with Crippen LogP contribution in [0.5, 0.6) is 0 Å². The van der Waals surface area contributed by atoms with Crippen molar-refractivity contribution in [3.8, 4) is 0 Å². The second-order valence-electron chi connectivity index (χ2n) is 7.56. The fourth-order valence-corrected chi connectivity index (χ4v) is 3.62. The molecule has 1 aliphatic rings. The molecule has 1 aromatic heterocycles. The van der Waals surface area contributed by atoms with Crippen LogP contribution in [0.4, 0.5) is 0 Å². The summed E-state index contributed by atoms with van der Waals surface area (Å²) in [4.78, 5) is 6.90. The Balaban J connectivity index is 0.00000320. The van der Waals surface area contributed by atoms with Crippen molar-refractivity contribution in [2.45, 2.75) is 25.9 Å². The third-order valence-corrected chi connectivity index (χ3v) is 5.29. The van der Waals surface area contributed by atoms with Gasteiger partial charge in [-0.05, 0) is 49.4 Å². The lowest BCUT2D eigenvalue weighted by Crippen LogP contribution is -2.40. The number of nitrogens with one attached hydrogen (secondary N) is 2. The van der Waals surface area contributed by atoms with Crippen LogP contribution in [0.15, 0.2) is 58.1 Å². The normalized spacial score (nSPS) is 17.0. The van der Waals surface area contributed by atoms with E-state index in [0.29, 0.717) is 19.1 Å². The minimum atomic E-state index is 0. The van der Waals surface area contributed by atoms with Gasteiger partial charge in [0.05, 0.1) is 6.26 Å². The zero-order valence-electron chi connectivity index (χ0n) is 17.9. The number of hydrogen-bond acceptors (Lipinski definition) is 4. The molecule has 1 saturated heterocycles. The highest BCUT2D eigenvalue weighted by Gasteiger charge is 2.22. The highest BCUT2D eigenvalue weighted by Crippen LogP contribution is 2.16. The van der Waals surface area contributed by atoms with Crippen LogP contribution >= 0.6 is 24.0 Å². The average Bonchev–Trinajstić information content (AvgIpc) is 3.44. The molecule has 7 heteroatoms. The lowest BCUT2D eigenvalue weighted by molar-refractivity contribution is 0.105. The van der Waals surface area contributed by atoms with Gasteiger partial charge in [0.2, 0.25) is 0 Å². The van der Waals surface area contributed by atoms with E-state index in [9.17, 15) is 0 Å². The molecule has 2 aromatic rings. The predicted octanol–water partition coefficient (Wildman–Crippen LogP) is 3.53. The molecule has 0 aliphatic carbocycles. The monoisotopic (exact) mass is 526 g/mol. The molecule has 0 amide bonds. The number of nitrogens with zero attached hydrogens (tertiary/aromatic N) is 2. The van der Waals surface area contributed by atoms with Crippen LogP contribution in [0.2, 0.25) is 0 Å². The number of benzene rings is 1. The lowest BCUT2D eigenvalue weighted by atomic mass is 10.1. The van der Waals surface area contributed by atoms with Gasteiger partial charge in [-0.2, -0.15) is 0 Å². The van der Waals surface area contributed by atoms with E-state index in [4.69, 9.17) is 9.15 Å². The number of hydrogen-bond donors (Lipinski definition) is 2. The smallest absolute Gasteiger partial charge is 0.190 e. The molecular weight excluding hydrogens is 491 g/mol. The quantitative estimate of drug-likeness (QED) is 0.203. The fraction of sp³-hybridized carbons (Fsp3) is 0.522. The van der Waals surface area contributed by atoms with Crippen LogP contribution in [-0.2, 0) is 17.8 Å². The summed E-state index contributed by atoms with van der Waals surface area (Å²) in [5.41, 5.74) is 1.42. The van der Waals surface area contributed by atoms with Crippen molar-refractivity contribution < 1.29 is 9.15 Å². The maximum absolute atomic E-state index is 5.60. The van der Waals surface area contributed by atoms with E-state index in [0.717, 1.165) is 50.7 Å². The van der Waals surface area contributed by atoms with Gasteiger partial charge in [0.25, 0.3) is 0 Å². The summed E-state index contributed by atoms with van der Waals surface area (Å²) in [6, 6.07) is 14.6. The van der Waals surface area contributed by atoms with Gasteiger partial charge in [-0.25, -0.2) is 0 Å². The van der Waals surface area contributed by atoms with Gasteiger partial charge in [0, 0.05) is 39.8 Å². The molecule has 1 unspecified atom stereocenters. The molecule has 166 valence electrons. The summed E-state index contributed by atoms with van der Waals surface area (Å²) in [5, 5.41) is 6.84. The molecule has 2 heterocycles. The first-order chi connectivity index (χ1) is 14.3. The van der Waals surface area contributed by atoms with Crippen LogP contribution in [0.3, 0.4) is 0 Å². The highest BCUT2D eigenvalue weighted by molar-refractivity contribution is 14.0. The van der Waals surface area contributed by atoms with Gasteiger partial charge >= 0.3 is 0 Å². The molecule has 1 atom stereocenters. The minimum absolute atomic E-state index is 0. The summed E-state index contributed by atoms with van der Waals surface area (Å²) in [7, 11) is 1.82. The standard InChI is InChI=1S/C23H34N4O2.HI/c1-24-23(25-12-6-15-28-19-22-9-5-16-29-22)26-17-21-11-14-27(18-21)13-10-20-7-3-2-4-8-20;/h2-5,7-9,16,21H,6,10-15,17-19H2,1H3,(H2,24,25,26);1H. The van der Waals surface area contributed by atoms with Crippen molar-refractivity contribution in [2.24, 2.45) is 10.9 Å². The first kappa shape index (κ1) is 24.7. The van der Waals surface area contributed by atoms with Crippen LogP contribution in [0, 0.1) is 5.92 Å². The Bertz CT molecular complexity index is 709. The van der Waals surface area contributed by atoms with Gasteiger partial charge in [0.15, 0.2) is 5.96 Å². The largest absolute Gasteiger partial charge is 0.467 e. The molecule has 30 heavy (non-hydrogen) atoms. The number of guanidine groups is 1. The number of furan rings is 1. The van der Waals surface area contributed by atoms with E-state index in [1.807, 2.05) is 19.2 Å². The summed E-state index contributed by atoms with van der Waals surface area (Å²) in [6.45, 7) is 6.54. The summed E-state index contributed by atoms with van der Waals surface area (Å²) in [6.07, 6.45) is 4.98. The first-order valence-corrected chi connectivity index (χ1v) is 10.6. The van der Waals surface area contributed by atoms with Crippen molar-refractivity contribution in [1.82, 2.24) is 15.5 Å². The van der Waals surface area contributed by atoms with Gasteiger partial charge in [-0.3, -0.25) is 4.99 Å². The molecule has 0 radical (unpaired) electrons. The summed E-state index contributed by atoms with van der Waals surface area (Å²) in [5.74, 6) is 2.42. The summed E-state index contributed by atoms with van der Waals surface area (Å²) < 4.78 is 10.9. The second kappa shape index (κ2) is 14.4. The average molecular weight is 526 g/mol. The summed E-state index contributed by atoms with van der Waals surface area (Å²) >= 11 is 0. The van der Waals surface area contributed by atoms with Gasteiger partial charge in [-0.1, -0.05) is 30.3 Å². The molecule has 1 aliphatic heterocycles. The van der Waals surface area contributed by atoms with Gasteiger partial charge < -0.3 is 24.7 Å². The molecular formula is C23H35IN4O2. The van der Waals surface area contributed by atoms with Crippen LogP contribution in [0.1, 0.15) is 24.2 Å². The predicted molar refractivity (Wildman–Crippen MR) is 132 cm³/mol. The molecule has 1 fully saturated rings. The Hall–Kier alpha value is -1.58. The molecule has 0 bridgehead atoms. The van der Waals surface area contributed by atoms with E-state index in [2.05, 4.69) is 50.9 Å². The number of likely N-dealkylation sites (tertiary alicyclic amines) is 1. The number of ether oxygens (including phenoxy) is 1. The third kappa shape index (κ3) is 9.06. The van der Waals surface area contributed by atoms with E-state index >= 15 is 0 Å². The van der Waals surface area contributed by atoms with Crippen molar-refractivity contribution in [3.63, 3.8) is 0 Å². The highest BCUT2D eigenvalue weighted by atomic mass is 127. The minimum Gasteiger partial charge on any atom is -0.467 e. The van der Waals surface area contributed by atoms with E-state index in [1.165, 1.54) is 18.5 Å². The Morgan fingerprint density at radius 3 is 2.83 bits per heavy atom. The van der Waals surface area contributed by atoms with Crippen LogP contribution in [0.25, 0.3) is 0 Å². The van der Waals surface area contributed by atoms with E-state index < -0.39 is 0 Å². The maximum Gasteiger partial charge on any atom is 0.190 e. The molecule has 0 saturated carbocycles. The van der Waals surface area contributed by atoms with Crippen LogP contribution in [-0.4, -0.2) is 57.2 Å². The van der Waals surface area contributed by atoms with E-state index in [-0.39, 0.29) is 24.0 Å². The van der Waals surface area contributed by atoms with Gasteiger partial charge in [0.1, 0.15) is 12.4 Å². The van der Waals surface area contributed by atoms with E-state index in [1.54, 1.807) is 6.26 Å².